The minimum atomic E-state index is -0.125. The molecular formula is C94H80ClIr6N11O4S3-8. The number of para-hydroxylation sites is 2. The van der Waals surface area contributed by atoms with Crippen LogP contribution in [-0.4, -0.2) is 76.2 Å². The van der Waals surface area contributed by atoms with Gasteiger partial charge in [-0.25, -0.2) is 50.8 Å². The number of pyridine rings is 7. The van der Waals surface area contributed by atoms with E-state index >= 15 is 0 Å². The average molecular weight is 2710 g/mol. The van der Waals surface area contributed by atoms with Gasteiger partial charge in [-0.15, -0.1) is 124 Å². The van der Waals surface area contributed by atoms with Crippen molar-refractivity contribution in [3.05, 3.63) is 416 Å². The Morgan fingerprint density at radius 3 is 1.16 bits per heavy atom. The number of allylic oxidation sites excluding steroid dienone is 4. The molecule has 5 aromatic carbocycles. The van der Waals surface area contributed by atoms with Crippen LogP contribution in [0.3, 0.4) is 0 Å². The largest absolute Gasteiger partial charge is 1.00 e. The number of ketones is 2. The van der Waals surface area contributed by atoms with Gasteiger partial charge in [0.15, 0.2) is 11.6 Å². The Hall–Kier alpha value is -9.46. The maximum atomic E-state index is 10.0. The quantitative estimate of drug-likeness (QED) is 0.0745. The molecule has 0 atom stereocenters. The van der Waals surface area contributed by atoms with Crippen molar-refractivity contribution in [3.8, 4) is 77.0 Å². The number of aromatic nitrogens is 11. The van der Waals surface area contributed by atoms with Crippen molar-refractivity contribution in [2.45, 2.75) is 48.5 Å². The Balaban J connectivity index is 0.000000661. The van der Waals surface area contributed by atoms with E-state index in [0.29, 0.717) is 0 Å². The van der Waals surface area contributed by atoms with Crippen LogP contribution in [-0.2, 0) is 130 Å². The SMILES string of the molecule is CC(=O)C=C(C)O.CC(=O)C=C(C)O.Cc1c[c-]c(-c2ccccn2)cc1.Cc1cc(C)n(-c2[c-]ccs2)n1.[Cl-].[Ir].[Ir].[Ir].[Ir].[Ir].[Ir].[c-]1ccccc1-c1ccccn1.[c-]1ccccc1-c1ccccn1.[c-]1ccccc1-n1cccn1.[c-]1ccsc1-c1ccc2ccccc2n1.[c-]1ccsc1-c1ccccn1.c1ccc(-c2ccccn2)nc1. The van der Waals surface area contributed by atoms with Crippen LogP contribution in [0.4, 0.5) is 0 Å². The summed E-state index contributed by atoms with van der Waals surface area (Å²) in [4.78, 5) is 52.1. The van der Waals surface area contributed by atoms with E-state index in [1.54, 1.807) is 82.1 Å². The van der Waals surface area contributed by atoms with Crippen LogP contribution in [0.1, 0.15) is 44.6 Å². The van der Waals surface area contributed by atoms with Crippen molar-refractivity contribution in [2.24, 2.45) is 0 Å². The first-order valence-corrected chi connectivity index (χ1v) is 37.7. The summed E-state index contributed by atoms with van der Waals surface area (Å²) >= 11 is 4.97. The molecule has 0 aliphatic carbocycles. The zero-order valence-corrected chi connectivity index (χ0v) is 82.7. The topological polar surface area (TPSA) is 200 Å². The zero-order chi connectivity index (χ0) is 79.2. The third kappa shape index (κ3) is 41.4. The molecule has 0 unspecified atom stereocenters. The van der Waals surface area contributed by atoms with Crippen molar-refractivity contribution >= 4 is 56.5 Å². The van der Waals surface area contributed by atoms with Gasteiger partial charge in [0.1, 0.15) is 0 Å². The molecule has 0 fully saturated rings. The van der Waals surface area contributed by atoms with E-state index in [1.165, 1.54) is 50.8 Å². The van der Waals surface area contributed by atoms with Crippen molar-refractivity contribution in [2.75, 3.05) is 0 Å². The van der Waals surface area contributed by atoms with Crippen LogP contribution in [0.15, 0.2) is 356 Å². The maximum absolute atomic E-state index is 10.0. The predicted octanol–water partition coefficient (Wildman–Crippen LogP) is 19.6. The number of thiophene rings is 3. The van der Waals surface area contributed by atoms with E-state index in [1.807, 2.05) is 284 Å². The summed E-state index contributed by atoms with van der Waals surface area (Å²) in [5, 5.41) is 33.4. The van der Waals surface area contributed by atoms with E-state index in [2.05, 4.69) is 119 Å². The summed E-state index contributed by atoms with van der Waals surface area (Å²) in [6, 6.07) is 108. The Labute approximate surface area is 796 Å². The Kier molecular flexibility index (Phi) is 56.6. The van der Waals surface area contributed by atoms with Crippen LogP contribution in [0.25, 0.3) is 87.9 Å². The van der Waals surface area contributed by atoms with Gasteiger partial charge < -0.3 is 47.5 Å². The molecule has 15 nitrogen and oxygen atoms in total. The van der Waals surface area contributed by atoms with Gasteiger partial charge in [0.25, 0.3) is 0 Å². The van der Waals surface area contributed by atoms with Gasteiger partial charge in [0.05, 0.1) is 34.1 Å². The second-order valence-corrected chi connectivity index (χ2v) is 26.2. The second kappa shape index (κ2) is 62.7. The Morgan fingerprint density at radius 1 is 0.387 bits per heavy atom. The van der Waals surface area contributed by atoms with Crippen LogP contribution in [0.5, 0.6) is 0 Å². The van der Waals surface area contributed by atoms with Crippen LogP contribution >= 0.6 is 34.0 Å². The fourth-order valence-corrected chi connectivity index (χ4v) is 11.5. The number of carbonyl (C=O) groups excluding carboxylic acids is 2. The molecule has 0 amide bonds. The number of aliphatic hydroxyl groups excluding tert-OH is 2. The first-order valence-electron chi connectivity index (χ1n) is 35.0. The minimum absolute atomic E-state index is 0. The maximum Gasteiger partial charge on any atom is 0.155 e. The molecule has 0 aliphatic heterocycles. The number of halogens is 1. The molecule has 119 heavy (non-hydrogen) atoms. The van der Waals surface area contributed by atoms with Crippen molar-refractivity contribution in [3.63, 3.8) is 0 Å². The zero-order valence-electron chi connectivity index (χ0n) is 65.1. The summed E-state index contributed by atoms with van der Waals surface area (Å²) in [6.07, 6.45) is 16.7. The summed E-state index contributed by atoms with van der Waals surface area (Å²) in [7, 11) is 0. The molecular weight excluding hydrogens is 2630 g/mol. The molecule has 0 bridgehead atoms. The molecule has 6 radical (unpaired) electrons. The average Bonchev–Trinajstić information content (AvgIpc) is 1.82. The molecule has 0 saturated carbocycles. The standard InChI is InChI=1S/C13H8NS.C12H10N.2C11H8N.C10H8N2.C9H9N2S.C9H7N2.C9H6NS.2C5H8O2.ClH.6Ir/c1-2-5-11-10(4-1)7-8-12(14-11)13-6-3-9-15-13;1-10-5-7-11(8-6-10)12-4-2-3-9-13-12;2*1-2-6-10(7-3-1)11-8-4-5-9-12-11;1-3-7-11-9(5-1)10-6-2-4-8-12-10;1-7-6-8(2)11(10-7)9-4-3-5-12-9;1-2-5-9(6-3-1)11-8-4-7-10-11;1-2-6-10-8(4-1)9-5-3-7-11-9;2*1-4(6)3-5(2)7;;;;;;;/h1-5,7-9H;2-7,9H,1H3;2*1-6,8-9H;1-8H;3,5-6H,1-2H3;1-5,7-8H;1-4,6-7H;2*3,6H,1-2H3;1H;;;;;;/q4*-1;;3*-1;;;;;;;;;/p-1. The number of rotatable bonds is 10. The van der Waals surface area contributed by atoms with Crippen LogP contribution in [0, 0.1) is 63.2 Å². The monoisotopic (exact) mass is 2720 g/mol. The number of nitrogens with zero attached hydrogens (tertiary/aromatic N) is 11. The van der Waals surface area contributed by atoms with E-state index in [9.17, 15) is 9.59 Å². The number of aliphatic hydroxyl groups is 2. The molecule has 0 aliphatic rings. The minimum Gasteiger partial charge on any atom is -1.00 e. The second-order valence-electron chi connectivity index (χ2n) is 23.5. The van der Waals surface area contributed by atoms with E-state index in [-0.39, 0.29) is 156 Å². The predicted molar refractivity (Wildman–Crippen MR) is 454 cm³/mol. The van der Waals surface area contributed by atoms with Crippen LogP contribution < -0.4 is 12.4 Å². The van der Waals surface area contributed by atoms with E-state index < -0.39 is 0 Å². The van der Waals surface area contributed by atoms with Crippen molar-refractivity contribution < 1.29 is 153 Å². The molecule has 17 aromatic rings. The Bertz CT molecular complexity index is 5070. The summed E-state index contributed by atoms with van der Waals surface area (Å²) in [5.74, 6) is -0.125. The molecule has 12 aromatic heterocycles. The number of hydrogen-bond donors (Lipinski definition) is 2. The van der Waals surface area contributed by atoms with Crippen molar-refractivity contribution in [1.82, 2.24) is 54.4 Å². The van der Waals surface area contributed by atoms with Gasteiger partial charge in [0.2, 0.25) is 0 Å². The molecule has 2 N–H and O–H groups in total. The summed E-state index contributed by atoms with van der Waals surface area (Å²) in [5.41, 5.74) is 15.3. The molecule has 17 rings (SSSR count). The van der Waals surface area contributed by atoms with Gasteiger partial charge >= 0.3 is 0 Å². The number of aryl methyl sites for hydroxylation is 3. The fourth-order valence-electron chi connectivity index (χ4n) is 9.52. The number of hydrogen-bond acceptors (Lipinski definition) is 16. The van der Waals surface area contributed by atoms with Crippen molar-refractivity contribution in [1.29, 1.82) is 0 Å². The molecule has 25 heteroatoms. The number of benzene rings is 5. The van der Waals surface area contributed by atoms with Gasteiger partial charge in [-0.1, -0.05) is 108 Å². The van der Waals surface area contributed by atoms with Gasteiger partial charge in [-0.2, -0.15) is 64.1 Å². The third-order valence-corrected chi connectivity index (χ3v) is 16.8. The number of carbonyl (C=O) groups is 2. The fraction of sp³-hybridized carbons (Fsp3) is 0.0745. The van der Waals surface area contributed by atoms with Gasteiger partial charge in [0, 0.05) is 193 Å². The molecule has 12 heterocycles. The Morgan fingerprint density at radius 2 is 0.807 bits per heavy atom. The summed E-state index contributed by atoms with van der Waals surface area (Å²) in [6.45, 7) is 11.8. The first kappa shape index (κ1) is 108. The normalized spacial score (nSPS) is 9.57. The first-order chi connectivity index (χ1) is 54.6. The smallest absolute Gasteiger partial charge is 0.155 e. The van der Waals surface area contributed by atoms with E-state index in [0.717, 1.165) is 93.9 Å². The van der Waals surface area contributed by atoms with E-state index in [4.69, 9.17) is 10.2 Å². The molecule has 0 saturated heterocycles. The molecule has 622 valence electrons. The van der Waals surface area contributed by atoms with Gasteiger partial charge in [-0.3, -0.25) is 24.2 Å². The third-order valence-electron chi connectivity index (χ3n) is 14.4. The van der Waals surface area contributed by atoms with Crippen LogP contribution in [0.2, 0.25) is 0 Å². The number of fused-ring (bicyclic) bond motifs is 1. The van der Waals surface area contributed by atoms with Gasteiger partial charge in [-0.05, 0) is 148 Å². The summed E-state index contributed by atoms with van der Waals surface area (Å²) < 4.78 is 3.69. The molecule has 0 spiro atoms.